The van der Waals surface area contributed by atoms with Crippen molar-refractivity contribution in [1.29, 1.82) is 0 Å². The van der Waals surface area contributed by atoms with Crippen LogP contribution in [-0.2, 0) is 9.84 Å². The van der Waals surface area contributed by atoms with E-state index in [4.69, 9.17) is 0 Å². The Morgan fingerprint density at radius 3 is 2.39 bits per heavy atom. The van der Waals surface area contributed by atoms with Gasteiger partial charge in [-0.2, -0.15) is 0 Å². The Morgan fingerprint density at radius 1 is 1.00 bits per heavy atom. The highest BCUT2D eigenvalue weighted by atomic mass is 32.2. The lowest BCUT2D eigenvalue weighted by Crippen LogP contribution is -2.18. The van der Waals surface area contributed by atoms with Crippen molar-refractivity contribution >= 4 is 32.5 Å². The average Bonchev–Trinajstić information content (AvgIpc) is 3.14. The summed E-state index contributed by atoms with van der Waals surface area (Å²) < 4.78 is 52.0. The van der Waals surface area contributed by atoms with E-state index in [1.165, 1.54) is 47.0 Å². The molecule has 0 fully saturated rings. The molecule has 0 spiro atoms. The van der Waals surface area contributed by atoms with Crippen LogP contribution in [0, 0.1) is 11.6 Å². The van der Waals surface area contributed by atoms with E-state index in [0.29, 0.717) is 11.1 Å². The molecule has 0 saturated carbocycles. The summed E-state index contributed by atoms with van der Waals surface area (Å²) in [7, 11) is -3.60. The number of aromatic amines is 1. The molecular formula is C21H15F2N3O4S. The Balaban J connectivity index is 1.75. The molecule has 4 aromatic rings. The number of carbonyl (C=O) groups is 1. The van der Waals surface area contributed by atoms with Gasteiger partial charge in [0.05, 0.1) is 16.3 Å². The molecule has 31 heavy (non-hydrogen) atoms. The fourth-order valence-electron chi connectivity index (χ4n) is 3.11. The topological polar surface area (TPSA) is 101 Å². The lowest BCUT2D eigenvalue weighted by atomic mass is 10.2. The third kappa shape index (κ3) is 3.97. The van der Waals surface area contributed by atoms with E-state index in [9.17, 15) is 26.8 Å². The van der Waals surface area contributed by atoms with Crippen molar-refractivity contribution in [3.8, 4) is 5.69 Å². The second-order valence-electron chi connectivity index (χ2n) is 6.84. The number of nitrogens with one attached hydrogen (secondary N) is 2. The first kappa shape index (κ1) is 20.5. The zero-order chi connectivity index (χ0) is 22.3. The molecule has 0 atom stereocenters. The molecule has 0 bridgehead atoms. The highest BCUT2D eigenvalue weighted by molar-refractivity contribution is 7.90. The number of hydrogen-bond donors (Lipinski definition) is 2. The molecule has 0 aliphatic heterocycles. The van der Waals surface area contributed by atoms with E-state index in [1.807, 2.05) is 0 Å². The molecule has 2 aromatic carbocycles. The van der Waals surface area contributed by atoms with E-state index >= 15 is 0 Å². The Kier molecular flexibility index (Phi) is 4.94. The Labute approximate surface area is 174 Å². The Morgan fingerprint density at radius 2 is 1.71 bits per heavy atom. The van der Waals surface area contributed by atoms with Crippen LogP contribution in [0.15, 0.2) is 70.4 Å². The van der Waals surface area contributed by atoms with Gasteiger partial charge >= 0.3 is 0 Å². The number of nitrogens with zero attached hydrogens (tertiary/aromatic N) is 1. The van der Waals surface area contributed by atoms with Crippen molar-refractivity contribution in [3.05, 3.63) is 88.3 Å². The number of anilines is 1. The van der Waals surface area contributed by atoms with Crippen LogP contribution >= 0.6 is 0 Å². The number of H-pyrrole nitrogens is 1. The van der Waals surface area contributed by atoms with Crippen molar-refractivity contribution in [2.75, 3.05) is 11.6 Å². The smallest absolute Gasteiger partial charge is 0.272 e. The van der Waals surface area contributed by atoms with Crippen LogP contribution < -0.4 is 10.9 Å². The molecule has 4 rings (SSSR count). The van der Waals surface area contributed by atoms with Crippen molar-refractivity contribution in [2.45, 2.75) is 4.90 Å². The predicted octanol–water partition coefficient (Wildman–Crippen LogP) is 3.25. The molecule has 2 aromatic heterocycles. The zero-order valence-electron chi connectivity index (χ0n) is 16.0. The second kappa shape index (κ2) is 7.47. The average molecular weight is 443 g/mol. The fourth-order valence-corrected chi connectivity index (χ4v) is 3.75. The summed E-state index contributed by atoms with van der Waals surface area (Å²) in [6.07, 6.45) is 0.970. The zero-order valence-corrected chi connectivity index (χ0v) is 16.8. The summed E-state index contributed by atoms with van der Waals surface area (Å²) in [6, 6.07) is 12.6. The minimum absolute atomic E-state index is 0.0145. The molecular weight excluding hydrogens is 428 g/mol. The van der Waals surface area contributed by atoms with E-state index < -0.39 is 32.9 Å². The molecule has 0 radical (unpaired) electrons. The molecule has 0 saturated heterocycles. The van der Waals surface area contributed by atoms with E-state index in [2.05, 4.69) is 10.3 Å². The summed E-state index contributed by atoms with van der Waals surface area (Å²) in [5, 5.41) is 2.85. The second-order valence-corrected chi connectivity index (χ2v) is 8.85. The fraction of sp³-hybridized carbons (Fsp3) is 0.0476. The molecule has 1 amide bonds. The highest BCUT2D eigenvalue weighted by Gasteiger charge is 2.17. The number of benzene rings is 2. The van der Waals surface area contributed by atoms with Crippen LogP contribution in [0.1, 0.15) is 10.5 Å². The Bertz CT molecular complexity index is 1490. The van der Waals surface area contributed by atoms with Crippen LogP contribution in [0.3, 0.4) is 0 Å². The molecule has 0 aliphatic rings. The maximum atomic E-state index is 14.1. The maximum absolute atomic E-state index is 14.1. The normalized spacial score (nSPS) is 11.6. The molecule has 7 nitrogen and oxygen atoms in total. The van der Waals surface area contributed by atoms with Gasteiger partial charge in [0.15, 0.2) is 9.84 Å². The number of rotatable bonds is 4. The lowest BCUT2D eigenvalue weighted by Gasteiger charge is -2.08. The molecule has 2 N–H and O–H groups in total. The number of pyridine rings is 1. The number of amides is 1. The predicted molar refractivity (Wildman–Crippen MR) is 111 cm³/mol. The monoisotopic (exact) mass is 443 g/mol. The summed E-state index contributed by atoms with van der Waals surface area (Å²) in [5.41, 5.74) is -0.0183. The third-order valence-corrected chi connectivity index (χ3v) is 5.73. The minimum Gasteiger partial charge on any atom is -0.336 e. The van der Waals surface area contributed by atoms with Crippen molar-refractivity contribution in [1.82, 2.24) is 9.55 Å². The van der Waals surface area contributed by atoms with Gasteiger partial charge in [-0.3, -0.25) is 14.2 Å². The maximum Gasteiger partial charge on any atom is 0.272 e. The van der Waals surface area contributed by atoms with Gasteiger partial charge in [-0.25, -0.2) is 17.2 Å². The number of aromatic nitrogens is 2. The Hall–Kier alpha value is -3.79. The van der Waals surface area contributed by atoms with Gasteiger partial charge in [-0.1, -0.05) is 0 Å². The third-order valence-electron chi connectivity index (χ3n) is 4.62. The molecule has 0 unspecified atom stereocenters. The minimum atomic E-state index is -3.60. The molecule has 158 valence electrons. The van der Waals surface area contributed by atoms with Gasteiger partial charge in [0.25, 0.3) is 11.5 Å². The molecule has 0 aliphatic carbocycles. The molecule has 10 heteroatoms. The number of carbonyl (C=O) groups excluding carboxylic acids is 1. The van der Waals surface area contributed by atoms with Crippen molar-refractivity contribution in [2.24, 2.45) is 0 Å². The van der Waals surface area contributed by atoms with E-state index in [0.717, 1.165) is 24.5 Å². The SMILES string of the molecule is CS(=O)(=O)c1ccc(F)c(NC(=O)c2cc3ccc(=O)n(-c4ccc(F)cc4)c3[nH]2)c1. The summed E-state index contributed by atoms with van der Waals surface area (Å²) in [4.78, 5) is 27.8. The molecule has 2 heterocycles. The highest BCUT2D eigenvalue weighted by Crippen LogP contribution is 2.22. The van der Waals surface area contributed by atoms with Crippen LogP contribution in [-0.4, -0.2) is 30.1 Å². The largest absolute Gasteiger partial charge is 0.336 e. The summed E-state index contributed by atoms with van der Waals surface area (Å²) >= 11 is 0. The van der Waals surface area contributed by atoms with E-state index in [-0.39, 0.29) is 21.9 Å². The van der Waals surface area contributed by atoms with Gasteiger partial charge in [0, 0.05) is 17.7 Å². The summed E-state index contributed by atoms with van der Waals surface area (Å²) in [6.45, 7) is 0. The van der Waals surface area contributed by atoms with Gasteiger partial charge in [0.1, 0.15) is 23.0 Å². The first-order valence-corrected chi connectivity index (χ1v) is 10.8. The van der Waals surface area contributed by atoms with Gasteiger partial charge in [-0.15, -0.1) is 0 Å². The van der Waals surface area contributed by atoms with Crippen LogP contribution in [0.25, 0.3) is 16.7 Å². The lowest BCUT2D eigenvalue weighted by molar-refractivity contribution is 0.102. The number of sulfone groups is 1. The number of fused-ring (bicyclic) bond motifs is 1. The van der Waals surface area contributed by atoms with Gasteiger partial charge < -0.3 is 10.3 Å². The van der Waals surface area contributed by atoms with Crippen LogP contribution in [0.4, 0.5) is 14.5 Å². The number of hydrogen-bond acceptors (Lipinski definition) is 4. The van der Waals surface area contributed by atoms with Gasteiger partial charge in [-0.05, 0) is 54.6 Å². The van der Waals surface area contributed by atoms with E-state index in [1.54, 1.807) is 0 Å². The van der Waals surface area contributed by atoms with Crippen LogP contribution in [0.2, 0.25) is 0 Å². The first-order valence-electron chi connectivity index (χ1n) is 8.95. The van der Waals surface area contributed by atoms with Crippen molar-refractivity contribution in [3.63, 3.8) is 0 Å². The summed E-state index contributed by atoms with van der Waals surface area (Å²) in [5.74, 6) is -2.01. The quantitative estimate of drug-likeness (QED) is 0.473. The van der Waals surface area contributed by atoms with Gasteiger partial charge in [0.2, 0.25) is 0 Å². The van der Waals surface area contributed by atoms with Crippen LogP contribution in [0.5, 0.6) is 0 Å². The standard InChI is InChI=1S/C21H15F2N3O4S/c1-31(29,30)15-7-8-16(23)17(11-15)25-21(28)18-10-12-2-9-19(27)26(20(12)24-18)14-5-3-13(22)4-6-14/h2-11,24H,1H3,(H,25,28). The number of halogens is 2. The van der Waals surface area contributed by atoms with Crippen molar-refractivity contribution < 1.29 is 22.0 Å². The first-order chi connectivity index (χ1) is 14.6.